The Labute approximate surface area is 101 Å². The summed E-state index contributed by atoms with van der Waals surface area (Å²) < 4.78 is 0. The van der Waals surface area contributed by atoms with E-state index in [1.807, 2.05) is 12.1 Å². The molecule has 0 saturated carbocycles. The van der Waals surface area contributed by atoms with Crippen molar-refractivity contribution in [1.82, 2.24) is 9.88 Å². The van der Waals surface area contributed by atoms with Gasteiger partial charge in [0.2, 0.25) is 0 Å². The number of hydrogen-bond acceptors (Lipinski definition) is 3. The molecular formula is C14H16N2O. The third kappa shape index (κ3) is 2.06. The normalized spacial score (nSPS) is 35.1. The van der Waals surface area contributed by atoms with Gasteiger partial charge in [0.15, 0.2) is 0 Å². The molecule has 1 atom stereocenters. The van der Waals surface area contributed by atoms with Crippen molar-refractivity contribution in [3.05, 3.63) is 30.1 Å². The highest BCUT2D eigenvalue weighted by Crippen LogP contribution is 2.35. The summed E-state index contributed by atoms with van der Waals surface area (Å²) in [6.45, 7) is 2.92. The summed E-state index contributed by atoms with van der Waals surface area (Å²) >= 11 is 0. The molecular weight excluding hydrogens is 212 g/mol. The number of pyridine rings is 1. The van der Waals surface area contributed by atoms with E-state index < -0.39 is 5.60 Å². The van der Waals surface area contributed by atoms with Crippen molar-refractivity contribution in [2.75, 3.05) is 19.6 Å². The van der Waals surface area contributed by atoms with Crippen LogP contribution in [0.1, 0.15) is 18.4 Å². The molecule has 3 aliphatic rings. The van der Waals surface area contributed by atoms with Gasteiger partial charge in [-0.3, -0.25) is 9.88 Å². The van der Waals surface area contributed by atoms with E-state index in [9.17, 15) is 5.11 Å². The molecule has 3 heteroatoms. The van der Waals surface area contributed by atoms with Crippen LogP contribution in [0.2, 0.25) is 0 Å². The molecule has 4 rings (SSSR count). The van der Waals surface area contributed by atoms with Crippen molar-refractivity contribution in [2.24, 2.45) is 5.92 Å². The smallest absolute Gasteiger partial charge is 0.141 e. The molecule has 0 aliphatic carbocycles. The number of nitrogens with zero attached hydrogens (tertiary/aromatic N) is 2. The van der Waals surface area contributed by atoms with Gasteiger partial charge in [0.1, 0.15) is 5.60 Å². The monoisotopic (exact) mass is 228 g/mol. The number of rotatable bonds is 0. The summed E-state index contributed by atoms with van der Waals surface area (Å²) in [5.74, 6) is 6.46. The van der Waals surface area contributed by atoms with Crippen LogP contribution in [0.25, 0.3) is 0 Å². The number of piperidine rings is 3. The van der Waals surface area contributed by atoms with Crippen molar-refractivity contribution in [1.29, 1.82) is 0 Å². The molecule has 0 spiro atoms. The third-order valence-corrected chi connectivity index (χ3v) is 3.81. The van der Waals surface area contributed by atoms with Gasteiger partial charge in [-0.2, -0.15) is 0 Å². The van der Waals surface area contributed by atoms with Gasteiger partial charge in [0, 0.05) is 30.4 Å². The maximum atomic E-state index is 10.6. The molecule has 1 aromatic rings. The minimum atomic E-state index is -0.813. The van der Waals surface area contributed by atoms with Crippen LogP contribution in [0.15, 0.2) is 24.5 Å². The summed E-state index contributed by atoms with van der Waals surface area (Å²) in [5.41, 5.74) is 0.0594. The lowest BCUT2D eigenvalue weighted by Crippen LogP contribution is -2.58. The molecule has 3 nitrogen and oxygen atoms in total. The first-order valence-corrected chi connectivity index (χ1v) is 6.14. The largest absolute Gasteiger partial charge is 0.376 e. The predicted octanol–water partition coefficient (Wildman–Crippen LogP) is 0.890. The van der Waals surface area contributed by atoms with Crippen LogP contribution >= 0.6 is 0 Å². The molecule has 1 aromatic heterocycles. The van der Waals surface area contributed by atoms with E-state index in [4.69, 9.17) is 0 Å². The highest BCUT2D eigenvalue weighted by Gasteiger charge is 2.44. The van der Waals surface area contributed by atoms with E-state index in [1.165, 1.54) is 0 Å². The quantitative estimate of drug-likeness (QED) is 0.670. The zero-order valence-electron chi connectivity index (χ0n) is 9.76. The molecule has 2 bridgehead atoms. The molecule has 3 aliphatic heterocycles. The SMILES string of the molecule is OC1(C#Cc2cccnc2)CN2CCC1CC2. The molecule has 0 amide bonds. The lowest BCUT2D eigenvalue weighted by atomic mass is 9.76. The Balaban J connectivity index is 1.83. The van der Waals surface area contributed by atoms with Crippen LogP contribution in [0, 0.1) is 17.8 Å². The van der Waals surface area contributed by atoms with E-state index in [1.54, 1.807) is 12.4 Å². The Kier molecular flexibility index (Phi) is 2.62. The first kappa shape index (κ1) is 10.8. The average Bonchev–Trinajstić information content (AvgIpc) is 2.39. The van der Waals surface area contributed by atoms with Crippen LogP contribution in [0.3, 0.4) is 0 Å². The maximum Gasteiger partial charge on any atom is 0.141 e. The average molecular weight is 228 g/mol. The molecule has 3 saturated heterocycles. The molecule has 88 valence electrons. The van der Waals surface area contributed by atoms with Crippen molar-refractivity contribution >= 4 is 0 Å². The zero-order chi connectivity index (χ0) is 11.7. The van der Waals surface area contributed by atoms with Crippen LogP contribution in [-0.2, 0) is 0 Å². The summed E-state index contributed by atoms with van der Waals surface area (Å²) in [6.07, 6.45) is 5.60. The minimum absolute atomic E-state index is 0.344. The molecule has 3 fully saturated rings. The Morgan fingerprint density at radius 1 is 1.41 bits per heavy atom. The summed E-state index contributed by atoms with van der Waals surface area (Å²) in [4.78, 5) is 6.33. The van der Waals surface area contributed by atoms with Crippen molar-refractivity contribution in [3.63, 3.8) is 0 Å². The lowest BCUT2D eigenvalue weighted by molar-refractivity contribution is -0.0713. The second-order valence-electron chi connectivity index (χ2n) is 4.97. The van der Waals surface area contributed by atoms with Gasteiger partial charge in [0.25, 0.3) is 0 Å². The minimum Gasteiger partial charge on any atom is -0.376 e. The number of aromatic nitrogens is 1. The van der Waals surface area contributed by atoms with E-state index in [0.717, 1.165) is 31.5 Å². The standard InChI is InChI=1S/C14H16N2O/c17-14(6-3-12-2-1-7-15-10-12)11-16-8-4-13(14)5-9-16/h1-2,7,10,13,17H,4-5,8-9,11H2. The van der Waals surface area contributed by atoms with Gasteiger partial charge in [0.05, 0.1) is 0 Å². The number of hydrogen-bond donors (Lipinski definition) is 1. The topological polar surface area (TPSA) is 36.4 Å². The Bertz CT molecular complexity index is 454. The van der Waals surface area contributed by atoms with Crippen LogP contribution in [-0.4, -0.2) is 40.2 Å². The lowest BCUT2D eigenvalue weighted by Gasteiger charge is -2.47. The first-order chi connectivity index (χ1) is 8.26. The molecule has 4 heterocycles. The highest BCUT2D eigenvalue weighted by atomic mass is 16.3. The predicted molar refractivity (Wildman–Crippen MR) is 65.2 cm³/mol. The number of fused-ring (bicyclic) bond motifs is 3. The van der Waals surface area contributed by atoms with E-state index in [-0.39, 0.29) is 0 Å². The fourth-order valence-corrected chi connectivity index (χ4v) is 2.80. The number of aliphatic hydroxyl groups is 1. The van der Waals surface area contributed by atoms with Gasteiger partial charge < -0.3 is 5.11 Å². The Morgan fingerprint density at radius 3 is 2.82 bits per heavy atom. The van der Waals surface area contributed by atoms with Crippen LogP contribution < -0.4 is 0 Å². The van der Waals surface area contributed by atoms with E-state index in [0.29, 0.717) is 12.5 Å². The third-order valence-electron chi connectivity index (χ3n) is 3.81. The van der Waals surface area contributed by atoms with Gasteiger partial charge in [-0.1, -0.05) is 11.8 Å². The van der Waals surface area contributed by atoms with Crippen molar-refractivity contribution < 1.29 is 5.11 Å². The summed E-state index contributed by atoms with van der Waals surface area (Å²) in [6, 6.07) is 3.79. The van der Waals surface area contributed by atoms with Crippen molar-refractivity contribution in [3.8, 4) is 11.8 Å². The molecule has 0 aromatic carbocycles. The fourth-order valence-electron chi connectivity index (χ4n) is 2.80. The van der Waals surface area contributed by atoms with E-state index in [2.05, 4.69) is 21.7 Å². The summed E-state index contributed by atoms with van der Waals surface area (Å²) in [7, 11) is 0. The van der Waals surface area contributed by atoms with Gasteiger partial charge in [-0.05, 0) is 38.1 Å². The highest BCUT2D eigenvalue weighted by molar-refractivity contribution is 5.35. The second kappa shape index (κ2) is 4.14. The van der Waals surface area contributed by atoms with E-state index >= 15 is 0 Å². The fraction of sp³-hybridized carbons (Fsp3) is 0.500. The zero-order valence-corrected chi connectivity index (χ0v) is 9.76. The maximum absolute atomic E-state index is 10.6. The molecule has 0 radical (unpaired) electrons. The molecule has 1 N–H and O–H groups in total. The first-order valence-electron chi connectivity index (χ1n) is 6.14. The van der Waals surface area contributed by atoms with Crippen LogP contribution in [0.5, 0.6) is 0 Å². The second-order valence-corrected chi connectivity index (χ2v) is 4.97. The van der Waals surface area contributed by atoms with Gasteiger partial charge >= 0.3 is 0 Å². The van der Waals surface area contributed by atoms with Crippen LogP contribution in [0.4, 0.5) is 0 Å². The Hall–Kier alpha value is -1.37. The van der Waals surface area contributed by atoms with Gasteiger partial charge in [-0.25, -0.2) is 0 Å². The Morgan fingerprint density at radius 2 is 2.24 bits per heavy atom. The summed E-state index contributed by atoms with van der Waals surface area (Å²) in [5, 5.41) is 10.6. The van der Waals surface area contributed by atoms with Crippen molar-refractivity contribution in [2.45, 2.75) is 18.4 Å². The molecule has 1 unspecified atom stereocenters. The molecule has 17 heavy (non-hydrogen) atoms. The van der Waals surface area contributed by atoms with Gasteiger partial charge in [-0.15, -0.1) is 0 Å².